The minimum Gasteiger partial charge on any atom is -0.512 e. The molecule has 0 radical (unpaired) electrons. The molecule has 0 saturated carbocycles. The van der Waals surface area contributed by atoms with Gasteiger partial charge in [-0.05, 0) is 19.4 Å². The second kappa shape index (κ2) is 2.46. The predicted molar refractivity (Wildman–Crippen MR) is 41.7 cm³/mol. The molecule has 56 valence electrons. The molecule has 0 spiro atoms. The number of hydrogen-bond acceptors (Lipinski definition) is 2. The summed E-state index contributed by atoms with van der Waals surface area (Å²) in [6, 6.07) is 0. The molecule has 1 aliphatic rings. The maximum atomic E-state index is 9.08. The van der Waals surface area contributed by atoms with Crippen molar-refractivity contribution in [1.29, 1.82) is 0 Å². The zero-order valence-corrected chi connectivity index (χ0v) is 6.17. The largest absolute Gasteiger partial charge is 0.512 e. The van der Waals surface area contributed by atoms with Crippen molar-refractivity contribution in [3.8, 4) is 0 Å². The molecule has 1 unspecified atom stereocenters. The zero-order valence-electron chi connectivity index (χ0n) is 6.17. The lowest BCUT2D eigenvalue weighted by Gasteiger charge is -2.17. The van der Waals surface area contributed by atoms with Crippen molar-refractivity contribution in [2.75, 3.05) is 0 Å². The molecule has 0 fully saturated rings. The second-order valence-corrected chi connectivity index (χ2v) is 3.02. The van der Waals surface area contributed by atoms with E-state index >= 15 is 0 Å². The van der Waals surface area contributed by atoms with Crippen LogP contribution in [-0.2, 0) is 0 Å². The quantitative estimate of drug-likeness (QED) is 0.534. The first-order valence-electron chi connectivity index (χ1n) is 3.46. The predicted octanol–water partition coefficient (Wildman–Crippen LogP) is 1.50. The minimum atomic E-state index is -0.249. The molecule has 0 aromatic heterocycles. The normalized spacial score (nSPS) is 33.2. The number of aliphatic hydroxyl groups excluding tert-OH is 1. The Labute approximate surface area is 61.0 Å². The van der Waals surface area contributed by atoms with Crippen LogP contribution in [0, 0.1) is 0 Å². The smallest absolute Gasteiger partial charge is 0.0923 e. The Hall–Kier alpha value is -0.760. The van der Waals surface area contributed by atoms with Crippen LogP contribution in [0.3, 0.4) is 0 Å². The third kappa shape index (κ3) is 1.88. The van der Waals surface area contributed by atoms with Gasteiger partial charge < -0.3 is 10.8 Å². The fourth-order valence-corrected chi connectivity index (χ4v) is 0.943. The molecule has 0 aromatic rings. The summed E-state index contributed by atoms with van der Waals surface area (Å²) >= 11 is 0. The topological polar surface area (TPSA) is 46.2 Å². The van der Waals surface area contributed by atoms with Crippen LogP contribution >= 0.6 is 0 Å². The van der Waals surface area contributed by atoms with Gasteiger partial charge in [0.25, 0.3) is 0 Å². The van der Waals surface area contributed by atoms with Crippen molar-refractivity contribution in [2.24, 2.45) is 5.73 Å². The lowest BCUT2D eigenvalue weighted by molar-refractivity contribution is 0.370. The van der Waals surface area contributed by atoms with Crippen molar-refractivity contribution in [3.05, 3.63) is 24.0 Å². The van der Waals surface area contributed by atoms with Crippen molar-refractivity contribution in [3.63, 3.8) is 0 Å². The number of hydrogen-bond donors (Lipinski definition) is 2. The molecule has 1 rings (SSSR count). The Balaban J connectivity index is 2.67. The highest BCUT2D eigenvalue weighted by molar-refractivity contribution is 5.16. The van der Waals surface area contributed by atoms with E-state index in [0.717, 1.165) is 6.42 Å². The van der Waals surface area contributed by atoms with Gasteiger partial charge in [-0.15, -0.1) is 0 Å². The molecule has 0 heterocycles. The van der Waals surface area contributed by atoms with Crippen molar-refractivity contribution in [1.82, 2.24) is 0 Å². The molecule has 0 amide bonds. The van der Waals surface area contributed by atoms with Gasteiger partial charge in [0, 0.05) is 12.0 Å². The summed E-state index contributed by atoms with van der Waals surface area (Å²) in [7, 11) is 0. The third-order valence-electron chi connectivity index (χ3n) is 1.69. The Kier molecular flexibility index (Phi) is 1.81. The SMILES string of the molecule is CC1(N)C=CC=C(O)CC1. The molecular weight excluding hydrogens is 126 g/mol. The van der Waals surface area contributed by atoms with Gasteiger partial charge in [0.15, 0.2) is 0 Å². The van der Waals surface area contributed by atoms with E-state index in [1.807, 2.05) is 19.1 Å². The molecular formula is C8H13NO. The molecule has 1 atom stereocenters. The molecule has 3 N–H and O–H groups in total. The highest BCUT2D eigenvalue weighted by Crippen LogP contribution is 2.17. The zero-order chi connectivity index (χ0) is 7.61. The van der Waals surface area contributed by atoms with Gasteiger partial charge in [-0.25, -0.2) is 0 Å². The van der Waals surface area contributed by atoms with Crippen LogP contribution in [0.15, 0.2) is 24.0 Å². The third-order valence-corrected chi connectivity index (χ3v) is 1.69. The summed E-state index contributed by atoms with van der Waals surface area (Å²) in [5.74, 6) is 0.422. The Bertz CT molecular complexity index is 180. The Morgan fingerprint density at radius 2 is 2.40 bits per heavy atom. The molecule has 0 aromatic carbocycles. The molecule has 1 aliphatic carbocycles. The van der Waals surface area contributed by atoms with Gasteiger partial charge in [-0.1, -0.05) is 12.2 Å². The van der Waals surface area contributed by atoms with Crippen LogP contribution in [0.2, 0.25) is 0 Å². The average Bonchev–Trinajstić information content (AvgIpc) is 1.94. The maximum absolute atomic E-state index is 9.08. The first-order chi connectivity index (χ1) is 4.60. The standard InChI is InChI=1S/C8H13NO/c1-8(9)5-2-3-7(10)4-6-8/h2-3,5,10H,4,6,9H2,1H3. The summed E-state index contributed by atoms with van der Waals surface area (Å²) < 4.78 is 0. The van der Waals surface area contributed by atoms with E-state index < -0.39 is 0 Å². The number of allylic oxidation sites excluding steroid dienone is 3. The molecule has 2 nitrogen and oxygen atoms in total. The molecule has 0 aliphatic heterocycles. The highest BCUT2D eigenvalue weighted by Gasteiger charge is 2.15. The van der Waals surface area contributed by atoms with E-state index in [1.165, 1.54) is 0 Å². The molecule has 0 saturated heterocycles. The lowest BCUT2D eigenvalue weighted by atomic mass is 9.98. The molecule has 10 heavy (non-hydrogen) atoms. The summed E-state index contributed by atoms with van der Waals surface area (Å²) in [6.45, 7) is 1.95. The molecule has 2 heteroatoms. The van der Waals surface area contributed by atoms with E-state index in [9.17, 15) is 0 Å². The second-order valence-electron chi connectivity index (χ2n) is 3.02. The Morgan fingerprint density at radius 3 is 3.10 bits per heavy atom. The van der Waals surface area contributed by atoms with Crippen LogP contribution in [-0.4, -0.2) is 10.6 Å². The number of aliphatic hydroxyl groups is 1. The maximum Gasteiger partial charge on any atom is 0.0923 e. The minimum absolute atomic E-state index is 0.249. The van der Waals surface area contributed by atoms with Crippen LogP contribution in [0.1, 0.15) is 19.8 Å². The van der Waals surface area contributed by atoms with Crippen LogP contribution in [0.5, 0.6) is 0 Å². The van der Waals surface area contributed by atoms with Gasteiger partial charge in [0.1, 0.15) is 0 Å². The summed E-state index contributed by atoms with van der Waals surface area (Å²) in [4.78, 5) is 0. The molecule has 0 bridgehead atoms. The summed E-state index contributed by atoms with van der Waals surface area (Å²) in [5.41, 5.74) is 5.56. The van der Waals surface area contributed by atoms with E-state index in [4.69, 9.17) is 10.8 Å². The summed E-state index contributed by atoms with van der Waals surface area (Å²) in [5, 5.41) is 9.08. The van der Waals surface area contributed by atoms with Gasteiger partial charge in [0.05, 0.1) is 5.76 Å². The van der Waals surface area contributed by atoms with E-state index in [-0.39, 0.29) is 5.54 Å². The van der Waals surface area contributed by atoms with E-state index in [2.05, 4.69) is 0 Å². The van der Waals surface area contributed by atoms with Gasteiger partial charge in [-0.3, -0.25) is 0 Å². The lowest BCUT2D eigenvalue weighted by Crippen LogP contribution is -2.32. The average molecular weight is 139 g/mol. The van der Waals surface area contributed by atoms with E-state index in [0.29, 0.717) is 12.2 Å². The van der Waals surface area contributed by atoms with Gasteiger partial charge in [0.2, 0.25) is 0 Å². The Morgan fingerprint density at radius 1 is 1.70 bits per heavy atom. The highest BCUT2D eigenvalue weighted by atomic mass is 16.3. The monoisotopic (exact) mass is 139 g/mol. The fraction of sp³-hybridized carbons (Fsp3) is 0.500. The van der Waals surface area contributed by atoms with Crippen molar-refractivity contribution >= 4 is 0 Å². The number of nitrogens with two attached hydrogens (primary N) is 1. The summed E-state index contributed by atoms with van der Waals surface area (Å²) in [6.07, 6.45) is 6.91. The van der Waals surface area contributed by atoms with Crippen molar-refractivity contribution in [2.45, 2.75) is 25.3 Å². The van der Waals surface area contributed by atoms with Crippen LogP contribution < -0.4 is 5.73 Å². The number of rotatable bonds is 0. The van der Waals surface area contributed by atoms with Gasteiger partial charge in [-0.2, -0.15) is 0 Å². The van der Waals surface area contributed by atoms with Crippen molar-refractivity contribution < 1.29 is 5.11 Å². The fourth-order valence-electron chi connectivity index (χ4n) is 0.943. The van der Waals surface area contributed by atoms with E-state index in [1.54, 1.807) is 6.08 Å². The van der Waals surface area contributed by atoms with Crippen LogP contribution in [0.4, 0.5) is 0 Å². The first-order valence-corrected chi connectivity index (χ1v) is 3.46. The van der Waals surface area contributed by atoms with Crippen LogP contribution in [0.25, 0.3) is 0 Å². The van der Waals surface area contributed by atoms with Gasteiger partial charge >= 0.3 is 0 Å². The first kappa shape index (κ1) is 7.35.